The van der Waals surface area contributed by atoms with Crippen LogP contribution < -0.4 is 0 Å². The maximum atomic E-state index is 8.30. The molecule has 0 saturated heterocycles. The second kappa shape index (κ2) is 5.10. The van der Waals surface area contributed by atoms with Crippen molar-refractivity contribution in [1.82, 2.24) is 0 Å². The first-order chi connectivity index (χ1) is 3.81. The highest BCUT2D eigenvalue weighted by molar-refractivity contribution is 4.63. The van der Waals surface area contributed by atoms with E-state index >= 15 is 0 Å². The van der Waals surface area contributed by atoms with E-state index in [9.17, 15) is 0 Å². The summed E-state index contributed by atoms with van der Waals surface area (Å²) in [5, 5.41) is 8.30. The van der Waals surface area contributed by atoms with Gasteiger partial charge in [-0.25, -0.2) is 0 Å². The first-order valence-corrected chi connectivity index (χ1v) is 3.10. The van der Waals surface area contributed by atoms with Gasteiger partial charge in [0.1, 0.15) is 0 Å². The van der Waals surface area contributed by atoms with E-state index in [4.69, 9.17) is 5.11 Å². The SMILES string of the molecule is [CH2]C(C[CH]O)CCC. The summed E-state index contributed by atoms with van der Waals surface area (Å²) in [5.74, 6) is 0.407. The third-order valence-corrected chi connectivity index (χ3v) is 1.14. The van der Waals surface area contributed by atoms with Crippen molar-refractivity contribution in [3.05, 3.63) is 13.5 Å². The molecule has 1 nitrogen and oxygen atoms in total. The van der Waals surface area contributed by atoms with Gasteiger partial charge in [0.15, 0.2) is 0 Å². The van der Waals surface area contributed by atoms with Gasteiger partial charge in [0.25, 0.3) is 0 Å². The summed E-state index contributed by atoms with van der Waals surface area (Å²) in [4.78, 5) is 0. The molecule has 8 heavy (non-hydrogen) atoms. The summed E-state index contributed by atoms with van der Waals surface area (Å²) < 4.78 is 0. The van der Waals surface area contributed by atoms with Gasteiger partial charge in [0.2, 0.25) is 0 Å². The molecule has 0 saturated carbocycles. The third kappa shape index (κ3) is 4.13. The van der Waals surface area contributed by atoms with Crippen molar-refractivity contribution in [2.75, 3.05) is 0 Å². The number of rotatable bonds is 4. The smallest absolute Gasteiger partial charge is 0.0801 e. The van der Waals surface area contributed by atoms with Crippen LogP contribution in [0.5, 0.6) is 0 Å². The minimum absolute atomic E-state index is 0.407. The van der Waals surface area contributed by atoms with Crippen LogP contribution in [0.1, 0.15) is 26.2 Å². The minimum Gasteiger partial charge on any atom is -0.390 e. The lowest BCUT2D eigenvalue weighted by Crippen LogP contribution is -1.93. The van der Waals surface area contributed by atoms with Crippen LogP contribution in [-0.4, -0.2) is 5.11 Å². The fraction of sp³-hybridized carbons (Fsp3) is 0.714. The van der Waals surface area contributed by atoms with Gasteiger partial charge in [0.05, 0.1) is 6.61 Å². The van der Waals surface area contributed by atoms with Gasteiger partial charge in [-0.3, -0.25) is 0 Å². The second-order valence-corrected chi connectivity index (χ2v) is 2.07. The fourth-order valence-corrected chi connectivity index (χ4v) is 0.675. The van der Waals surface area contributed by atoms with E-state index in [-0.39, 0.29) is 0 Å². The zero-order valence-corrected chi connectivity index (χ0v) is 5.43. The lowest BCUT2D eigenvalue weighted by molar-refractivity contribution is 0.347. The van der Waals surface area contributed by atoms with Crippen molar-refractivity contribution in [3.63, 3.8) is 0 Å². The summed E-state index contributed by atoms with van der Waals surface area (Å²) in [6.07, 6.45) is 2.99. The van der Waals surface area contributed by atoms with Crippen LogP contribution in [0.4, 0.5) is 0 Å². The lowest BCUT2D eigenvalue weighted by atomic mass is 10.0. The molecule has 0 heterocycles. The van der Waals surface area contributed by atoms with E-state index < -0.39 is 0 Å². The predicted octanol–water partition coefficient (Wildman–Crippen LogP) is 2.16. The number of aliphatic hydroxyl groups excluding tert-OH is 1. The molecule has 48 valence electrons. The van der Waals surface area contributed by atoms with Crippen LogP contribution >= 0.6 is 0 Å². The second-order valence-electron chi connectivity index (χ2n) is 2.07. The topological polar surface area (TPSA) is 20.2 Å². The highest BCUT2D eigenvalue weighted by atomic mass is 16.2. The monoisotopic (exact) mass is 114 g/mol. The molecular weight excluding hydrogens is 100 g/mol. The van der Waals surface area contributed by atoms with Crippen molar-refractivity contribution in [3.8, 4) is 0 Å². The summed E-state index contributed by atoms with van der Waals surface area (Å²) >= 11 is 0. The minimum atomic E-state index is 0.407. The Labute approximate surface area is 51.7 Å². The Balaban J connectivity index is 2.92. The molecule has 1 heteroatoms. The van der Waals surface area contributed by atoms with E-state index in [1.165, 1.54) is 6.61 Å². The highest BCUT2D eigenvalue weighted by Crippen LogP contribution is 2.08. The Hall–Kier alpha value is -0.0400. The Morgan fingerprint density at radius 2 is 2.38 bits per heavy atom. The summed E-state index contributed by atoms with van der Waals surface area (Å²) in [5.41, 5.74) is 0. The molecule has 0 rings (SSSR count). The number of aliphatic hydroxyl groups is 1. The molecule has 0 aliphatic carbocycles. The molecule has 2 radical (unpaired) electrons. The van der Waals surface area contributed by atoms with E-state index in [0.29, 0.717) is 5.92 Å². The summed E-state index contributed by atoms with van der Waals surface area (Å²) in [6, 6.07) is 0. The average molecular weight is 114 g/mol. The molecule has 0 aromatic carbocycles. The molecule has 0 bridgehead atoms. The van der Waals surface area contributed by atoms with Gasteiger partial charge in [-0.1, -0.05) is 26.7 Å². The predicted molar refractivity (Wildman–Crippen MR) is 34.6 cm³/mol. The molecular formula is C7H14O. The fourth-order valence-electron chi connectivity index (χ4n) is 0.675. The zero-order chi connectivity index (χ0) is 6.41. The van der Waals surface area contributed by atoms with Gasteiger partial charge in [-0.2, -0.15) is 0 Å². The van der Waals surface area contributed by atoms with Crippen LogP contribution in [0, 0.1) is 19.4 Å². The van der Waals surface area contributed by atoms with Crippen molar-refractivity contribution < 1.29 is 5.11 Å². The van der Waals surface area contributed by atoms with Gasteiger partial charge in [0, 0.05) is 0 Å². The van der Waals surface area contributed by atoms with Gasteiger partial charge >= 0.3 is 0 Å². The summed E-state index contributed by atoms with van der Waals surface area (Å²) in [6.45, 7) is 7.13. The first-order valence-electron chi connectivity index (χ1n) is 3.10. The standard InChI is InChI=1S/C7H14O/c1-3-4-7(2)5-6-8/h6-8H,2-5H2,1H3. The lowest BCUT2D eigenvalue weighted by Gasteiger charge is -2.04. The Bertz CT molecular complexity index is 37.7. The van der Waals surface area contributed by atoms with Gasteiger partial charge < -0.3 is 5.11 Å². The molecule has 0 aromatic heterocycles. The highest BCUT2D eigenvalue weighted by Gasteiger charge is 1.97. The van der Waals surface area contributed by atoms with Crippen LogP contribution in [0.2, 0.25) is 0 Å². The zero-order valence-electron chi connectivity index (χ0n) is 5.43. The Morgan fingerprint density at radius 1 is 1.75 bits per heavy atom. The van der Waals surface area contributed by atoms with Gasteiger partial charge in [-0.15, -0.1) is 0 Å². The van der Waals surface area contributed by atoms with Crippen LogP contribution in [0.25, 0.3) is 0 Å². The molecule has 0 aliphatic rings. The van der Waals surface area contributed by atoms with Crippen molar-refractivity contribution >= 4 is 0 Å². The quantitative estimate of drug-likeness (QED) is 0.593. The molecule has 0 aromatic rings. The van der Waals surface area contributed by atoms with E-state index in [0.717, 1.165) is 19.3 Å². The molecule has 0 amide bonds. The first kappa shape index (κ1) is 7.96. The average Bonchev–Trinajstić information content (AvgIpc) is 1.68. The largest absolute Gasteiger partial charge is 0.390 e. The van der Waals surface area contributed by atoms with E-state index in [1.54, 1.807) is 0 Å². The number of hydrogen-bond acceptors (Lipinski definition) is 1. The molecule has 0 fully saturated rings. The van der Waals surface area contributed by atoms with Crippen LogP contribution in [0.15, 0.2) is 0 Å². The molecule has 1 atom stereocenters. The van der Waals surface area contributed by atoms with Crippen molar-refractivity contribution in [2.24, 2.45) is 5.92 Å². The molecule has 0 aliphatic heterocycles. The molecule has 1 N–H and O–H groups in total. The maximum absolute atomic E-state index is 8.30. The van der Waals surface area contributed by atoms with Crippen molar-refractivity contribution in [2.45, 2.75) is 26.2 Å². The normalized spacial score (nSPS) is 13.9. The van der Waals surface area contributed by atoms with Gasteiger partial charge in [-0.05, 0) is 12.3 Å². The molecule has 1 unspecified atom stereocenters. The van der Waals surface area contributed by atoms with Crippen LogP contribution in [-0.2, 0) is 0 Å². The number of hydrogen-bond donors (Lipinski definition) is 1. The van der Waals surface area contributed by atoms with E-state index in [2.05, 4.69) is 13.8 Å². The Morgan fingerprint density at radius 3 is 2.75 bits per heavy atom. The van der Waals surface area contributed by atoms with Crippen molar-refractivity contribution in [1.29, 1.82) is 0 Å². The maximum Gasteiger partial charge on any atom is 0.0801 e. The van der Waals surface area contributed by atoms with Crippen LogP contribution in [0.3, 0.4) is 0 Å². The summed E-state index contributed by atoms with van der Waals surface area (Å²) in [7, 11) is 0. The Kier molecular flexibility index (Phi) is 5.08. The van der Waals surface area contributed by atoms with E-state index in [1.807, 2.05) is 0 Å². The third-order valence-electron chi connectivity index (χ3n) is 1.14. The molecule has 0 spiro atoms.